The number of hydrogen-bond donors (Lipinski definition) is 2. The summed E-state index contributed by atoms with van der Waals surface area (Å²) in [6.45, 7) is 3.89. The van der Waals surface area contributed by atoms with Gasteiger partial charge in [0, 0.05) is 17.0 Å². The molecule has 0 bridgehead atoms. The van der Waals surface area contributed by atoms with E-state index in [0.717, 1.165) is 10.7 Å². The Morgan fingerprint density at radius 1 is 1.28 bits per heavy atom. The predicted molar refractivity (Wildman–Crippen MR) is 104 cm³/mol. The average Bonchev–Trinajstić information content (AvgIpc) is 3.20. The Morgan fingerprint density at radius 2 is 1.92 bits per heavy atom. The van der Waals surface area contributed by atoms with Crippen LogP contribution in [0.15, 0.2) is 41.1 Å². The number of carbonyl (C=O) groups is 1. The Kier molecular flexibility index (Phi) is 5.66. The van der Waals surface area contributed by atoms with E-state index >= 15 is 0 Å². The Bertz CT molecular complexity index is 653. The average molecular weight is 380 g/mol. The van der Waals surface area contributed by atoms with Crippen LogP contribution >= 0.6 is 23.4 Å². The maximum absolute atomic E-state index is 12.8. The van der Waals surface area contributed by atoms with Gasteiger partial charge in [0.1, 0.15) is 5.82 Å². The van der Waals surface area contributed by atoms with Crippen LogP contribution in [-0.4, -0.2) is 28.8 Å². The van der Waals surface area contributed by atoms with Crippen molar-refractivity contribution in [2.45, 2.75) is 55.2 Å². The van der Waals surface area contributed by atoms with Gasteiger partial charge >= 0.3 is 0 Å². The molecule has 4 nitrogen and oxygen atoms in total. The van der Waals surface area contributed by atoms with E-state index in [0.29, 0.717) is 17.0 Å². The third-order valence-corrected chi connectivity index (χ3v) is 6.38. The minimum Gasteiger partial charge on any atom is -0.310 e. The molecule has 25 heavy (non-hydrogen) atoms. The van der Waals surface area contributed by atoms with Gasteiger partial charge < -0.3 is 5.32 Å². The fourth-order valence-corrected chi connectivity index (χ4v) is 4.54. The van der Waals surface area contributed by atoms with Crippen molar-refractivity contribution in [3.63, 3.8) is 0 Å². The van der Waals surface area contributed by atoms with Crippen molar-refractivity contribution in [3.05, 3.63) is 41.2 Å². The van der Waals surface area contributed by atoms with E-state index in [9.17, 15) is 4.79 Å². The number of benzene rings is 1. The van der Waals surface area contributed by atoms with E-state index in [1.165, 1.54) is 37.4 Å². The van der Waals surface area contributed by atoms with Gasteiger partial charge in [-0.15, -0.1) is 11.8 Å². The number of hydrogen-bond acceptors (Lipinski definition) is 4. The molecule has 1 aliphatic heterocycles. The van der Waals surface area contributed by atoms with Crippen molar-refractivity contribution in [2.24, 2.45) is 5.92 Å². The van der Waals surface area contributed by atoms with Gasteiger partial charge in [0.05, 0.1) is 10.8 Å². The van der Waals surface area contributed by atoms with Gasteiger partial charge in [0.2, 0.25) is 5.91 Å². The molecule has 1 saturated carbocycles. The summed E-state index contributed by atoms with van der Waals surface area (Å²) >= 11 is 7.47. The molecule has 0 aromatic heterocycles. The van der Waals surface area contributed by atoms with Crippen LogP contribution in [0.3, 0.4) is 0 Å². The van der Waals surface area contributed by atoms with Crippen LogP contribution in [0.25, 0.3) is 0 Å². The van der Waals surface area contributed by atoms with E-state index in [4.69, 9.17) is 11.6 Å². The van der Waals surface area contributed by atoms with Gasteiger partial charge in [-0.05, 0) is 62.9 Å². The second-order valence-corrected chi connectivity index (χ2v) is 9.46. The monoisotopic (exact) mass is 379 g/mol. The lowest BCUT2D eigenvalue weighted by Crippen LogP contribution is -2.44. The normalized spacial score (nSPS) is 21.5. The number of hydrazine groups is 1. The Hall–Kier alpha value is -1.17. The molecule has 1 heterocycles. The summed E-state index contributed by atoms with van der Waals surface area (Å²) in [6, 6.07) is 7.92. The second kappa shape index (κ2) is 7.60. The molecule has 3 rings (SSSR count). The molecule has 2 aliphatic rings. The summed E-state index contributed by atoms with van der Waals surface area (Å²) in [5.41, 5.74) is 3.46. The molecule has 0 spiro atoms. The van der Waals surface area contributed by atoms with Crippen LogP contribution in [0.1, 0.15) is 39.5 Å². The number of nitrogens with zero attached hydrogens (tertiary/aromatic N) is 1. The van der Waals surface area contributed by atoms with Crippen LogP contribution in [0, 0.1) is 5.92 Å². The zero-order chi connectivity index (χ0) is 18.0. The van der Waals surface area contributed by atoms with Crippen molar-refractivity contribution in [1.29, 1.82) is 0 Å². The lowest BCUT2D eigenvalue weighted by Gasteiger charge is -2.26. The molecule has 6 heteroatoms. The molecule has 1 unspecified atom stereocenters. The highest BCUT2D eigenvalue weighted by Gasteiger charge is 2.34. The number of halogens is 1. The maximum Gasteiger partial charge on any atom is 0.241 e. The molecule has 136 valence electrons. The van der Waals surface area contributed by atoms with E-state index in [2.05, 4.69) is 16.8 Å². The first-order valence-corrected chi connectivity index (χ1v) is 10.0. The molecule has 2 N–H and O–H groups in total. The van der Waals surface area contributed by atoms with Crippen LogP contribution in [0.5, 0.6) is 0 Å². The van der Waals surface area contributed by atoms with Crippen LogP contribution in [0.2, 0.25) is 5.02 Å². The summed E-state index contributed by atoms with van der Waals surface area (Å²) in [5, 5.41) is 5.73. The molecule has 1 aromatic carbocycles. The molecule has 0 radical (unpaired) electrons. The van der Waals surface area contributed by atoms with E-state index in [1.807, 2.05) is 50.2 Å². The van der Waals surface area contributed by atoms with Crippen LogP contribution in [0.4, 0.5) is 0 Å². The van der Waals surface area contributed by atoms with Gasteiger partial charge in [-0.3, -0.25) is 9.80 Å². The van der Waals surface area contributed by atoms with Gasteiger partial charge in [0.15, 0.2) is 0 Å². The highest BCUT2D eigenvalue weighted by Crippen LogP contribution is 2.34. The topological polar surface area (TPSA) is 44.4 Å². The van der Waals surface area contributed by atoms with E-state index < -0.39 is 4.75 Å². The quantitative estimate of drug-likeness (QED) is 0.753. The maximum atomic E-state index is 12.8. The smallest absolute Gasteiger partial charge is 0.241 e. The molecule has 1 atom stereocenters. The Morgan fingerprint density at radius 3 is 2.56 bits per heavy atom. The zero-order valence-electron chi connectivity index (χ0n) is 15.0. The molecule has 1 aliphatic carbocycles. The lowest BCUT2D eigenvalue weighted by molar-refractivity contribution is -0.122. The van der Waals surface area contributed by atoms with Gasteiger partial charge in [-0.2, -0.15) is 0 Å². The third-order valence-electron chi connectivity index (χ3n) is 4.92. The molecule has 1 aromatic rings. The Balaban J connectivity index is 1.63. The number of rotatable bonds is 5. The minimum atomic E-state index is -0.582. The van der Waals surface area contributed by atoms with Crippen molar-refractivity contribution in [3.8, 4) is 0 Å². The molecular weight excluding hydrogens is 354 g/mol. The van der Waals surface area contributed by atoms with Gasteiger partial charge in [0.25, 0.3) is 0 Å². The predicted octanol–water partition coefficient (Wildman–Crippen LogP) is 4.18. The van der Waals surface area contributed by atoms with Crippen molar-refractivity contribution in [2.75, 3.05) is 7.05 Å². The fraction of sp³-hybridized carbons (Fsp3) is 0.526. The second-order valence-electron chi connectivity index (χ2n) is 7.33. The summed E-state index contributed by atoms with van der Waals surface area (Å²) in [4.78, 5) is 13.8. The Labute approximate surface area is 159 Å². The van der Waals surface area contributed by atoms with E-state index in [-0.39, 0.29) is 5.91 Å². The first-order valence-electron chi connectivity index (χ1n) is 8.83. The SMILES string of the molecule is CN1NC(C2CCCC2)C=C1NC(=O)C(C)(C)Sc1ccc(Cl)cc1. The summed E-state index contributed by atoms with van der Waals surface area (Å²) in [7, 11) is 1.96. The van der Waals surface area contributed by atoms with Gasteiger partial charge in [-0.25, -0.2) is 5.43 Å². The third kappa shape index (κ3) is 4.52. The number of nitrogens with one attached hydrogen (secondary N) is 2. The largest absolute Gasteiger partial charge is 0.310 e. The molecular formula is C19H26ClN3OS. The molecule has 1 fully saturated rings. The summed E-state index contributed by atoms with van der Waals surface area (Å²) < 4.78 is -0.582. The number of carbonyl (C=O) groups excluding carboxylic acids is 1. The first kappa shape index (κ1) is 18.6. The summed E-state index contributed by atoms with van der Waals surface area (Å²) in [5.74, 6) is 1.53. The minimum absolute atomic E-state index is 0.000535. The number of amides is 1. The number of thioether (sulfide) groups is 1. The zero-order valence-corrected chi connectivity index (χ0v) is 16.6. The standard InChI is InChI=1S/C19H26ClN3OS/c1-19(2,25-15-10-8-14(20)9-11-15)18(24)21-17-12-16(22-23(17)3)13-6-4-5-7-13/h8-13,16,22H,4-7H2,1-3H3,(H,21,24). The highest BCUT2D eigenvalue weighted by atomic mass is 35.5. The van der Waals surface area contributed by atoms with Gasteiger partial charge in [-0.1, -0.05) is 24.4 Å². The summed E-state index contributed by atoms with van der Waals surface area (Å²) in [6.07, 6.45) is 7.32. The van der Waals surface area contributed by atoms with E-state index in [1.54, 1.807) is 0 Å². The highest BCUT2D eigenvalue weighted by molar-refractivity contribution is 8.01. The van der Waals surface area contributed by atoms with Crippen LogP contribution in [-0.2, 0) is 4.79 Å². The van der Waals surface area contributed by atoms with Crippen LogP contribution < -0.4 is 10.7 Å². The fourth-order valence-electron chi connectivity index (χ4n) is 3.41. The molecule has 0 saturated heterocycles. The van der Waals surface area contributed by atoms with Crippen molar-refractivity contribution >= 4 is 29.3 Å². The van der Waals surface area contributed by atoms with Crippen molar-refractivity contribution in [1.82, 2.24) is 15.8 Å². The van der Waals surface area contributed by atoms with Crippen molar-refractivity contribution < 1.29 is 4.79 Å². The lowest BCUT2D eigenvalue weighted by atomic mass is 9.99. The molecule has 1 amide bonds. The first-order chi connectivity index (χ1) is 11.8.